The van der Waals surface area contributed by atoms with Gasteiger partial charge >= 0.3 is 0 Å². The Morgan fingerprint density at radius 1 is 1.07 bits per heavy atom. The number of nitrogens with zero attached hydrogens (tertiary/aromatic N) is 2. The third-order valence-electron chi connectivity index (χ3n) is 4.17. The average Bonchev–Trinajstić information content (AvgIpc) is 2.75. The Balaban J connectivity index is 1.61. The number of rotatable bonds is 7. The van der Waals surface area contributed by atoms with E-state index in [4.69, 9.17) is 14.7 Å². The highest BCUT2D eigenvalue weighted by molar-refractivity contribution is 5.92. The third-order valence-corrected chi connectivity index (χ3v) is 4.17. The van der Waals surface area contributed by atoms with Crippen LogP contribution in [0.4, 0.5) is 11.4 Å². The molecule has 0 saturated heterocycles. The molecule has 1 N–H and O–H groups in total. The Hall–Kier alpha value is -4.38. The normalized spacial score (nSPS) is 10.0. The molecule has 3 rings (SSSR count). The van der Waals surface area contributed by atoms with Crippen molar-refractivity contribution in [2.24, 2.45) is 0 Å². The molecule has 150 valence electrons. The van der Waals surface area contributed by atoms with Crippen LogP contribution in [-0.2, 0) is 11.2 Å². The van der Waals surface area contributed by atoms with Crippen LogP contribution in [0.25, 0.3) is 0 Å². The average molecular weight is 403 g/mol. The lowest BCUT2D eigenvalue weighted by Gasteiger charge is -2.11. The summed E-state index contributed by atoms with van der Waals surface area (Å²) in [5, 5.41) is 22.4. The number of carbonyl (C=O) groups is 1. The molecular weight excluding hydrogens is 386 g/mol. The van der Waals surface area contributed by atoms with Crippen molar-refractivity contribution >= 4 is 17.3 Å². The lowest BCUT2D eigenvalue weighted by atomic mass is 10.1. The molecule has 0 radical (unpaired) electrons. The summed E-state index contributed by atoms with van der Waals surface area (Å²) in [6.07, 6.45) is 0.0959. The zero-order chi connectivity index (χ0) is 21.5. The zero-order valence-electron chi connectivity index (χ0n) is 16.0. The number of nitro benzene ring substituents is 1. The van der Waals surface area contributed by atoms with Gasteiger partial charge in [0.25, 0.3) is 5.69 Å². The van der Waals surface area contributed by atoms with Gasteiger partial charge in [0.1, 0.15) is 5.75 Å². The number of anilines is 1. The lowest BCUT2D eigenvalue weighted by molar-refractivity contribution is -0.384. The molecule has 30 heavy (non-hydrogen) atoms. The molecular formula is C22H17N3O5. The molecule has 0 aliphatic rings. The van der Waals surface area contributed by atoms with Crippen LogP contribution in [0.5, 0.6) is 17.2 Å². The number of benzene rings is 3. The van der Waals surface area contributed by atoms with Gasteiger partial charge in [-0.3, -0.25) is 14.9 Å². The van der Waals surface area contributed by atoms with Gasteiger partial charge in [0.05, 0.1) is 30.1 Å². The second-order valence-electron chi connectivity index (χ2n) is 6.25. The molecule has 0 heterocycles. The summed E-state index contributed by atoms with van der Waals surface area (Å²) in [6, 6.07) is 19.5. The van der Waals surface area contributed by atoms with Crippen molar-refractivity contribution in [1.29, 1.82) is 5.26 Å². The minimum absolute atomic E-state index is 0.0198. The summed E-state index contributed by atoms with van der Waals surface area (Å²) in [5.41, 5.74) is 1.70. The highest BCUT2D eigenvalue weighted by Gasteiger charge is 2.09. The summed E-state index contributed by atoms with van der Waals surface area (Å²) >= 11 is 0. The number of non-ortho nitro benzene ring substituents is 1. The minimum atomic E-state index is -0.485. The summed E-state index contributed by atoms with van der Waals surface area (Å²) < 4.78 is 11.0. The highest BCUT2D eigenvalue weighted by atomic mass is 16.6. The van der Waals surface area contributed by atoms with E-state index in [1.54, 1.807) is 54.6 Å². The van der Waals surface area contributed by atoms with Crippen molar-refractivity contribution in [3.05, 3.63) is 88.0 Å². The maximum absolute atomic E-state index is 12.2. The molecule has 0 unspecified atom stereocenters. The van der Waals surface area contributed by atoms with E-state index >= 15 is 0 Å². The Morgan fingerprint density at radius 3 is 2.37 bits per heavy atom. The van der Waals surface area contributed by atoms with E-state index in [1.165, 1.54) is 19.2 Å². The van der Waals surface area contributed by atoms with E-state index in [1.807, 2.05) is 6.07 Å². The number of hydrogen-bond donors (Lipinski definition) is 1. The molecule has 0 aliphatic heterocycles. The van der Waals surface area contributed by atoms with Crippen molar-refractivity contribution in [2.45, 2.75) is 6.42 Å². The SMILES string of the molecule is COc1cc(C#N)ccc1Oc1ccc(NC(=O)Cc2ccc([N+](=O)[O-])cc2)cc1. The van der Waals surface area contributed by atoms with E-state index in [0.29, 0.717) is 34.1 Å². The summed E-state index contributed by atoms with van der Waals surface area (Å²) in [4.78, 5) is 22.4. The molecule has 0 aliphatic carbocycles. The largest absolute Gasteiger partial charge is 0.493 e. The number of ether oxygens (including phenoxy) is 2. The Kier molecular flexibility index (Phi) is 6.25. The van der Waals surface area contributed by atoms with E-state index in [0.717, 1.165) is 0 Å². The van der Waals surface area contributed by atoms with Gasteiger partial charge in [-0.2, -0.15) is 5.26 Å². The number of methoxy groups -OCH3 is 1. The molecule has 0 spiro atoms. The molecule has 0 bridgehead atoms. The Labute approximate surface area is 172 Å². The van der Waals surface area contributed by atoms with Crippen molar-refractivity contribution in [3.8, 4) is 23.3 Å². The standard InChI is InChI=1S/C22H17N3O5/c1-29-21-12-16(14-23)4-11-20(21)30-19-9-5-17(6-10-19)24-22(26)13-15-2-7-18(8-3-15)25(27)28/h2-12H,13H2,1H3,(H,24,26). The number of hydrogen-bond acceptors (Lipinski definition) is 6. The fourth-order valence-corrected chi connectivity index (χ4v) is 2.68. The fourth-order valence-electron chi connectivity index (χ4n) is 2.68. The third kappa shape index (κ3) is 5.11. The van der Waals surface area contributed by atoms with E-state index in [-0.39, 0.29) is 18.0 Å². The Bertz CT molecular complexity index is 1100. The van der Waals surface area contributed by atoms with Crippen LogP contribution in [0.2, 0.25) is 0 Å². The predicted octanol–water partition coefficient (Wildman–Crippen LogP) is 4.45. The maximum Gasteiger partial charge on any atom is 0.269 e. The molecule has 3 aromatic rings. The zero-order valence-corrected chi connectivity index (χ0v) is 16.0. The first-order valence-corrected chi connectivity index (χ1v) is 8.87. The maximum atomic E-state index is 12.2. The van der Waals surface area contributed by atoms with Gasteiger partial charge < -0.3 is 14.8 Å². The first-order chi connectivity index (χ1) is 14.5. The van der Waals surface area contributed by atoms with E-state index < -0.39 is 4.92 Å². The smallest absolute Gasteiger partial charge is 0.269 e. The van der Waals surface area contributed by atoms with Crippen LogP contribution in [0.15, 0.2) is 66.7 Å². The molecule has 0 saturated carbocycles. The predicted molar refractivity (Wildman–Crippen MR) is 110 cm³/mol. The van der Waals surface area contributed by atoms with Crippen LogP contribution in [0, 0.1) is 21.4 Å². The van der Waals surface area contributed by atoms with Gasteiger partial charge in [0.15, 0.2) is 11.5 Å². The Morgan fingerprint density at radius 2 is 1.77 bits per heavy atom. The number of nitro groups is 1. The summed E-state index contributed by atoms with van der Waals surface area (Å²) in [6.45, 7) is 0. The van der Waals surface area contributed by atoms with Gasteiger partial charge in [0, 0.05) is 23.9 Å². The molecule has 1 amide bonds. The first-order valence-electron chi connectivity index (χ1n) is 8.87. The number of carbonyl (C=O) groups excluding carboxylic acids is 1. The van der Waals surface area contributed by atoms with Gasteiger partial charge in [-0.25, -0.2) is 0 Å². The number of nitrogens with one attached hydrogen (secondary N) is 1. The summed E-state index contributed by atoms with van der Waals surface area (Å²) in [5.74, 6) is 1.19. The van der Waals surface area contributed by atoms with Crippen LogP contribution >= 0.6 is 0 Å². The van der Waals surface area contributed by atoms with Crippen molar-refractivity contribution < 1.29 is 19.2 Å². The monoisotopic (exact) mass is 403 g/mol. The van der Waals surface area contributed by atoms with Crippen molar-refractivity contribution in [1.82, 2.24) is 0 Å². The fraction of sp³-hybridized carbons (Fsp3) is 0.0909. The highest BCUT2D eigenvalue weighted by Crippen LogP contribution is 2.32. The van der Waals surface area contributed by atoms with Crippen molar-refractivity contribution in [3.63, 3.8) is 0 Å². The summed E-state index contributed by atoms with van der Waals surface area (Å²) in [7, 11) is 1.49. The second-order valence-corrected chi connectivity index (χ2v) is 6.25. The molecule has 0 fully saturated rings. The lowest BCUT2D eigenvalue weighted by Crippen LogP contribution is -2.14. The second kappa shape index (κ2) is 9.21. The number of nitriles is 1. The van der Waals surface area contributed by atoms with Gasteiger partial charge in [0.2, 0.25) is 5.91 Å². The van der Waals surface area contributed by atoms with Gasteiger partial charge in [-0.15, -0.1) is 0 Å². The van der Waals surface area contributed by atoms with Gasteiger partial charge in [-0.1, -0.05) is 12.1 Å². The van der Waals surface area contributed by atoms with Crippen molar-refractivity contribution in [2.75, 3.05) is 12.4 Å². The van der Waals surface area contributed by atoms with Crippen LogP contribution < -0.4 is 14.8 Å². The topological polar surface area (TPSA) is 114 Å². The van der Waals surface area contributed by atoms with Gasteiger partial charge in [-0.05, 0) is 42.0 Å². The minimum Gasteiger partial charge on any atom is -0.493 e. The van der Waals surface area contributed by atoms with Crippen LogP contribution in [0.3, 0.4) is 0 Å². The quantitative estimate of drug-likeness (QED) is 0.460. The van der Waals surface area contributed by atoms with E-state index in [9.17, 15) is 14.9 Å². The molecule has 8 heteroatoms. The van der Waals surface area contributed by atoms with Crippen LogP contribution in [0.1, 0.15) is 11.1 Å². The molecule has 0 atom stereocenters. The molecule has 3 aromatic carbocycles. The molecule has 8 nitrogen and oxygen atoms in total. The number of amides is 1. The van der Waals surface area contributed by atoms with E-state index in [2.05, 4.69) is 5.32 Å². The first kappa shape index (κ1) is 20.4. The molecule has 0 aromatic heterocycles. The van der Waals surface area contributed by atoms with Crippen LogP contribution in [-0.4, -0.2) is 17.9 Å².